The number of hydrogen-bond donors (Lipinski definition) is 2. The van der Waals surface area contributed by atoms with Crippen molar-refractivity contribution in [2.75, 3.05) is 20.1 Å². The van der Waals surface area contributed by atoms with Gasteiger partial charge in [0.15, 0.2) is 0 Å². The van der Waals surface area contributed by atoms with E-state index < -0.39 is 0 Å². The molecule has 0 saturated carbocycles. The SMILES string of the molecule is CNCCN.S. The number of nitrogens with one attached hydrogen (secondary N) is 1. The fourth-order valence-electron chi connectivity index (χ4n) is 0.144. The van der Waals surface area contributed by atoms with E-state index in [1.807, 2.05) is 7.05 Å². The molecule has 0 aromatic heterocycles. The van der Waals surface area contributed by atoms with Crippen LogP contribution in [0.4, 0.5) is 0 Å². The van der Waals surface area contributed by atoms with E-state index in [0.29, 0.717) is 0 Å². The molecule has 0 amide bonds. The zero-order chi connectivity index (χ0) is 4.12. The van der Waals surface area contributed by atoms with Crippen molar-refractivity contribution in [3.63, 3.8) is 0 Å². The molecule has 0 radical (unpaired) electrons. The third-order valence-corrected chi connectivity index (χ3v) is 0.394. The molecular formula is C3H12N2S. The highest BCUT2D eigenvalue weighted by atomic mass is 32.1. The van der Waals surface area contributed by atoms with E-state index >= 15 is 0 Å². The molecule has 3 N–H and O–H groups in total. The second-order valence-electron chi connectivity index (χ2n) is 0.892. The van der Waals surface area contributed by atoms with E-state index in [0.717, 1.165) is 13.1 Å². The average Bonchev–Trinajstić information content (AvgIpc) is 1.41. The van der Waals surface area contributed by atoms with E-state index in [-0.39, 0.29) is 13.5 Å². The summed E-state index contributed by atoms with van der Waals surface area (Å²) in [5.74, 6) is 0. The van der Waals surface area contributed by atoms with Crippen molar-refractivity contribution in [1.29, 1.82) is 0 Å². The summed E-state index contributed by atoms with van der Waals surface area (Å²) in [5.41, 5.74) is 5.08. The van der Waals surface area contributed by atoms with Gasteiger partial charge in [0, 0.05) is 13.1 Å². The Bertz CT molecular complexity index is 16.3. The summed E-state index contributed by atoms with van der Waals surface area (Å²) in [6, 6.07) is 0. The fourth-order valence-corrected chi connectivity index (χ4v) is 0.144. The molecule has 0 rings (SSSR count). The minimum atomic E-state index is 0. The normalized spacial score (nSPS) is 7.00. The Morgan fingerprint density at radius 2 is 2.17 bits per heavy atom. The lowest BCUT2D eigenvalue weighted by Crippen LogP contribution is -2.17. The molecule has 0 heterocycles. The van der Waals surface area contributed by atoms with E-state index in [1.165, 1.54) is 0 Å². The van der Waals surface area contributed by atoms with Crippen LogP contribution in [0.15, 0.2) is 0 Å². The molecule has 0 atom stereocenters. The lowest BCUT2D eigenvalue weighted by Gasteiger charge is -1.85. The van der Waals surface area contributed by atoms with Gasteiger partial charge in [-0.3, -0.25) is 0 Å². The van der Waals surface area contributed by atoms with Crippen LogP contribution in [0.2, 0.25) is 0 Å². The van der Waals surface area contributed by atoms with Gasteiger partial charge < -0.3 is 11.1 Å². The van der Waals surface area contributed by atoms with Gasteiger partial charge >= 0.3 is 0 Å². The molecule has 0 fully saturated rings. The molecule has 3 heteroatoms. The summed E-state index contributed by atoms with van der Waals surface area (Å²) < 4.78 is 0. The molecule has 2 nitrogen and oxygen atoms in total. The second-order valence-corrected chi connectivity index (χ2v) is 0.892. The van der Waals surface area contributed by atoms with Crippen molar-refractivity contribution in [3.05, 3.63) is 0 Å². The Balaban J connectivity index is 0. The van der Waals surface area contributed by atoms with Gasteiger partial charge in [0.25, 0.3) is 0 Å². The first-order valence-corrected chi connectivity index (χ1v) is 1.76. The third-order valence-electron chi connectivity index (χ3n) is 0.394. The quantitative estimate of drug-likeness (QED) is 0.490. The highest BCUT2D eigenvalue weighted by Gasteiger charge is 1.64. The lowest BCUT2D eigenvalue weighted by molar-refractivity contribution is 0.802. The van der Waals surface area contributed by atoms with Gasteiger partial charge in [-0.15, -0.1) is 0 Å². The lowest BCUT2D eigenvalue weighted by atomic mass is 10.7. The van der Waals surface area contributed by atoms with Crippen LogP contribution in [-0.4, -0.2) is 20.1 Å². The largest absolute Gasteiger partial charge is 0.329 e. The van der Waals surface area contributed by atoms with Gasteiger partial charge in [-0.1, -0.05) is 0 Å². The first kappa shape index (κ1) is 9.55. The summed E-state index contributed by atoms with van der Waals surface area (Å²) >= 11 is 0. The summed E-state index contributed by atoms with van der Waals surface area (Å²) in [6.07, 6.45) is 0. The number of rotatable bonds is 2. The minimum Gasteiger partial charge on any atom is -0.329 e. The van der Waals surface area contributed by atoms with Gasteiger partial charge in [0.1, 0.15) is 0 Å². The van der Waals surface area contributed by atoms with Gasteiger partial charge in [-0.05, 0) is 7.05 Å². The van der Waals surface area contributed by atoms with Crippen molar-refractivity contribution in [3.8, 4) is 0 Å². The van der Waals surface area contributed by atoms with Crippen LogP contribution in [0.5, 0.6) is 0 Å². The van der Waals surface area contributed by atoms with Crippen LogP contribution < -0.4 is 11.1 Å². The topological polar surface area (TPSA) is 38.0 Å². The van der Waals surface area contributed by atoms with Crippen LogP contribution in [0.3, 0.4) is 0 Å². The first-order valence-electron chi connectivity index (χ1n) is 1.76. The zero-order valence-corrected chi connectivity index (χ0v) is 4.99. The van der Waals surface area contributed by atoms with Crippen LogP contribution in [-0.2, 0) is 0 Å². The van der Waals surface area contributed by atoms with E-state index in [2.05, 4.69) is 5.32 Å². The standard InChI is InChI=1S/C3H10N2.H2S/c1-5-3-2-4;/h5H,2-4H2,1H3;1H2. The van der Waals surface area contributed by atoms with Gasteiger partial charge in [-0.25, -0.2) is 0 Å². The molecule has 40 valence electrons. The van der Waals surface area contributed by atoms with Gasteiger partial charge in [0.05, 0.1) is 0 Å². The summed E-state index contributed by atoms with van der Waals surface area (Å²) in [5, 5.41) is 2.89. The average molecular weight is 108 g/mol. The monoisotopic (exact) mass is 108 g/mol. The predicted octanol–water partition coefficient (Wildman–Crippen LogP) is -0.723. The van der Waals surface area contributed by atoms with Gasteiger partial charge in [-0.2, -0.15) is 13.5 Å². The number of hydrogen-bond acceptors (Lipinski definition) is 2. The Morgan fingerprint density at radius 1 is 1.67 bits per heavy atom. The zero-order valence-electron chi connectivity index (χ0n) is 3.99. The second kappa shape index (κ2) is 8.99. The van der Waals surface area contributed by atoms with Crippen molar-refractivity contribution in [2.45, 2.75) is 0 Å². The maximum Gasteiger partial charge on any atom is 0.00714 e. The maximum absolute atomic E-state index is 5.08. The van der Waals surface area contributed by atoms with Crippen molar-refractivity contribution >= 4 is 13.5 Å². The molecule has 0 bridgehead atoms. The maximum atomic E-state index is 5.08. The molecule has 6 heavy (non-hydrogen) atoms. The molecule has 0 aromatic rings. The fraction of sp³-hybridized carbons (Fsp3) is 1.00. The Kier molecular flexibility index (Phi) is 14.3. The van der Waals surface area contributed by atoms with Crippen molar-refractivity contribution in [1.82, 2.24) is 5.32 Å². The molecule has 0 aromatic carbocycles. The molecule has 0 aliphatic carbocycles. The molecular weight excluding hydrogens is 96.1 g/mol. The Hall–Kier alpha value is 0.270. The van der Waals surface area contributed by atoms with Crippen LogP contribution in [0.25, 0.3) is 0 Å². The van der Waals surface area contributed by atoms with Crippen molar-refractivity contribution < 1.29 is 0 Å². The van der Waals surface area contributed by atoms with Crippen LogP contribution in [0.1, 0.15) is 0 Å². The molecule has 0 spiro atoms. The van der Waals surface area contributed by atoms with Crippen LogP contribution in [0, 0.1) is 0 Å². The molecule has 0 unspecified atom stereocenters. The highest BCUT2D eigenvalue weighted by molar-refractivity contribution is 7.59. The summed E-state index contributed by atoms with van der Waals surface area (Å²) in [6.45, 7) is 1.65. The smallest absolute Gasteiger partial charge is 0.00714 e. The number of likely N-dealkylation sites (N-methyl/N-ethyl adjacent to an activating group) is 1. The van der Waals surface area contributed by atoms with Gasteiger partial charge in [0.2, 0.25) is 0 Å². The van der Waals surface area contributed by atoms with E-state index in [1.54, 1.807) is 0 Å². The minimum absolute atomic E-state index is 0. The Labute approximate surface area is 45.6 Å². The van der Waals surface area contributed by atoms with E-state index in [4.69, 9.17) is 5.73 Å². The van der Waals surface area contributed by atoms with E-state index in [9.17, 15) is 0 Å². The first-order chi connectivity index (χ1) is 2.41. The highest BCUT2D eigenvalue weighted by Crippen LogP contribution is 1.37. The number of nitrogens with two attached hydrogens (primary N) is 1. The molecule has 0 aliphatic heterocycles. The Morgan fingerprint density at radius 3 is 2.17 bits per heavy atom. The summed E-state index contributed by atoms with van der Waals surface area (Å²) in [7, 11) is 1.88. The van der Waals surface area contributed by atoms with Crippen LogP contribution >= 0.6 is 13.5 Å². The molecule has 0 aliphatic rings. The molecule has 0 saturated heterocycles. The summed E-state index contributed by atoms with van der Waals surface area (Å²) in [4.78, 5) is 0. The van der Waals surface area contributed by atoms with Crippen molar-refractivity contribution in [2.24, 2.45) is 5.73 Å². The third kappa shape index (κ3) is 8.86. The predicted molar refractivity (Wildman–Crippen MR) is 33.4 cm³/mol.